The Morgan fingerprint density at radius 2 is 1.22 bits per heavy atom. The van der Waals surface area contributed by atoms with Gasteiger partial charge in [-0.25, -0.2) is 9.98 Å². The monoisotopic (exact) mass is 645 g/mol. The van der Waals surface area contributed by atoms with E-state index in [2.05, 4.69) is 152 Å². The van der Waals surface area contributed by atoms with Crippen molar-refractivity contribution in [3.63, 3.8) is 0 Å². The highest BCUT2D eigenvalue weighted by Crippen LogP contribution is 2.62. The molecule has 6 aromatic rings. The van der Waals surface area contributed by atoms with Gasteiger partial charge in [0.25, 0.3) is 0 Å². The van der Waals surface area contributed by atoms with Crippen molar-refractivity contribution in [2.45, 2.75) is 18.5 Å². The Morgan fingerprint density at radius 3 is 1.92 bits per heavy atom. The highest BCUT2D eigenvalue weighted by molar-refractivity contribution is 6.13. The van der Waals surface area contributed by atoms with Crippen LogP contribution in [0.3, 0.4) is 0 Å². The molecule has 0 saturated carbocycles. The van der Waals surface area contributed by atoms with Crippen molar-refractivity contribution in [1.29, 1.82) is 0 Å². The summed E-state index contributed by atoms with van der Waals surface area (Å²) in [5, 5.41) is 0. The smallest absolute Gasteiger partial charge is 0.159 e. The minimum Gasteiger partial charge on any atom is -0.456 e. The number of amidine groups is 2. The molecular formula is C46H35N3O. The predicted molar refractivity (Wildman–Crippen MR) is 204 cm³/mol. The van der Waals surface area contributed by atoms with Gasteiger partial charge in [-0.1, -0.05) is 158 Å². The maximum atomic E-state index is 6.88. The molecule has 0 amide bonds. The molecule has 2 heterocycles. The van der Waals surface area contributed by atoms with Gasteiger partial charge < -0.3 is 9.64 Å². The third-order valence-corrected chi connectivity index (χ3v) is 10.2. The lowest BCUT2D eigenvalue weighted by Gasteiger charge is -2.40. The number of nitrogens with zero attached hydrogens (tertiary/aromatic N) is 3. The molecule has 50 heavy (non-hydrogen) atoms. The lowest BCUT2D eigenvalue weighted by molar-refractivity contribution is 0.433. The molecule has 4 nitrogen and oxygen atoms in total. The van der Waals surface area contributed by atoms with Crippen molar-refractivity contribution >= 4 is 17.2 Å². The molecule has 0 saturated heterocycles. The Morgan fingerprint density at radius 1 is 0.640 bits per heavy atom. The van der Waals surface area contributed by atoms with E-state index in [9.17, 15) is 0 Å². The third-order valence-electron chi connectivity index (χ3n) is 10.2. The first-order chi connectivity index (χ1) is 24.6. The summed E-state index contributed by atoms with van der Waals surface area (Å²) in [4.78, 5) is 12.2. The quantitative estimate of drug-likeness (QED) is 0.175. The maximum absolute atomic E-state index is 6.88. The Labute approximate surface area is 293 Å². The molecule has 0 bridgehead atoms. The fraction of sp³-hybridized carbons (Fsp3) is 0.0870. The standard InChI is InChI=1S/C46H35N3O/c1-31(17-15-30-42-47-44(32-18-5-3-6-19-32)48-45(49(42)2)33-20-7-4-8-21-33)34-24-16-28-40-43(34)50-41-29-14-13-27-39(41)46(40)37-25-11-9-22-35(37)36-23-10-12-26-38(36)46/h3-30,42H,1-2H3/b30-15+,31-17+. The molecule has 1 aliphatic carbocycles. The van der Waals surface area contributed by atoms with E-state index in [-0.39, 0.29) is 6.17 Å². The lowest BCUT2D eigenvalue weighted by atomic mass is 9.65. The zero-order chi connectivity index (χ0) is 33.7. The van der Waals surface area contributed by atoms with Crippen molar-refractivity contribution in [1.82, 2.24) is 4.90 Å². The summed E-state index contributed by atoms with van der Waals surface area (Å²) in [5.41, 5.74) is 11.2. The molecule has 0 radical (unpaired) electrons. The number of rotatable bonds is 5. The molecule has 240 valence electrons. The van der Waals surface area contributed by atoms with Gasteiger partial charge in [0.2, 0.25) is 0 Å². The van der Waals surface area contributed by atoms with Crippen molar-refractivity contribution < 1.29 is 4.74 Å². The lowest BCUT2D eigenvalue weighted by Crippen LogP contribution is -2.39. The fourth-order valence-corrected chi connectivity index (χ4v) is 7.88. The van der Waals surface area contributed by atoms with Gasteiger partial charge in [0.15, 0.2) is 5.84 Å². The van der Waals surface area contributed by atoms with Crippen LogP contribution < -0.4 is 4.74 Å². The Bertz CT molecular complexity index is 2340. The summed E-state index contributed by atoms with van der Waals surface area (Å²) in [6.45, 7) is 2.16. The van der Waals surface area contributed by atoms with E-state index >= 15 is 0 Å². The summed E-state index contributed by atoms with van der Waals surface area (Å²) >= 11 is 0. The SMILES string of the molecule is C/C(=C\C=C\C1N=C(c2ccccc2)N=C(c2ccccc2)N1C)c1cccc2c1Oc1ccccc1C21c2ccccc2-c2ccccc21. The van der Waals surface area contributed by atoms with Crippen molar-refractivity contribution in [3.8, 4) is 22.6 Å². The number of hydrogen-bond donors (Lipinski definition) is 0. The number of hydrogen-bond acceptors (Lipinski definition) is 4. The van der Waals surface area contributed by atoms with Crippen LogP contribution >= 0.6 is 0 Å². The molecule has 0 N–H and O–H groups in total. The number of aliphatic imine (C=N–C) groups is 2. The van der Waals surface area contributed by atoms with Crippen LogP contribution in [0.1, 0.15) is 45.9 Å². The predicted octanol–water partition coefficient (Wildman–Crippen LogP) is 10.3. The topological polar surface area (TPSA) is 37.2 Å². The van der Waals surface area contributed by atoms with E-state index in [1.165, 1.54) is 27.8 Å². The third kappa shape index (κ3) is 4.60. The van der Waals surface area contributed by atoms with Gasteiger partial charge in [0.05, 0.1) is 5.41 Å². The number of fused-ring (bicyclic) bond motifs is 9. The molecule has 1 atom stereocenters. The first-order valence-electron chi connectivity index (χ1n) is 17.1. The molecule has 0 fully saturated rings. The molecular weight excluding hydrogens is 611 g/mol. The second-order valence-corrected chi connectivity index (χ2v) is 13.0. The minimum absolute atomic E-state index is 0.232. The van der Waals surface area contributed by atoms with E-state index in [1.54, 1.807) is 0 Å². The first kappa shape index (κ1) is 29.8. The van der Waals surface area contributed by atoms with Crippen molar-refractivity contribution in [2.24, 2.45) is 9.98 Å². The zero-order valence-corrected chi connectivity index (χ0v) is 28.0. The van der Waals surface area contributed by atoms with Crippen molar-refractivity contribution in [2.75, 3.05) is 7.05 Å². The summed E-state index contributed by atoms with van der Waals surface area (Å²) in [7, 11) is 2.05. The molecule has 1 unspecified atom stereocenters. The van der Waals surface area contributed by atoms with Gasteiger partial charge in [0, 0.05) is 34.9 Å². The van der Waals surface area contributed by atoms with Gasteiger partial charge >= 0.3 is 0 Å². The molecule has 3 aliphatic rings. The highest BCUT2D eigenvalue weighted by Gasteiger charge is 2.51. The van der Waals surface area contributed by atoms with Crippen LogP contribution in [0.5, 0.6) is 11.5 Å². The van der Waals surface area contributed by atoms with Crippen molar-refractivity contribution in [3.05, 3.63) is 209 Å². The second kappa shape index (κ2) is 12.0. The van der Waals surface area contributed by atoms with Crippen LogP contribution in [0, 0.1) is 0 Å². The van der Waals surface area contributed by atoms with E-state index in [4.69, 9.17) is 14.7 Å². The zero-order valence-electron chi connectivity index (χ0n) is 28.0. The number of likely N-dealkylation sites (N-methyl/N-ethyl adjacent to an activating group) is 1. The van der Waals surface area contributed by atoms with E-state index < -0.39 is 5.41 Å². The molecule has 9 rings (SSSR count). The van der Waals surface area contributed by atoms with Crippen LogP contribution in [0.15, 0.2) is 180 Å². The van der Waals surface area contributed by atoms with Gasteiger partial charge in [-0.2, -0.15) is 0 Å². The minimum atomic E-state index is -0.482. The summed E-state index contributed by atoms with van der Waals surface area (Å²) in [6, 6.07) is 53.3. The number of benzene rings is 6. The van der Waals surface area contributed by atoms with Gasteiger partial charge in [0.1, 0.15) is 23.5 Å². The summed E-state index contributed by atoms with van der Waals surface area (Å²) < 4.78 is 6.88. The Kier molecular flexibility index (Phi) is 7.17. The molecule has 1 spiro atoms. The maximum Gasteiger partial charge on any atom is 0.159 e. The van der Waals surface area contributed by atoms with Crippen LogP contribution in [-0.2, 0) is 5.41 Å². The second-order valence-electron chi connectivity index (χ2n) is 13.0. The van der Waals surface area contributed by atoms with Gasteiger partial charge in [-0.15, -0.1) is 0 Å². The Balaban J connectivity index is 1.13. The van der Waals surface area contributed by atoms with Crippen LogP contribution in [0.25, 0.3) is 16.7 Å². The van der Waals surface area contributed by atoms with Gasteiger partial charge in [-0.3, -0.25) is 0 Å². The number of allylic oxidation sites excluding steroid dienone is 3. The highest BCUT2D eigenvalue weighted by atomic mass is 16.5. The number of para-hydroxylation sites is 2. The average Bonchev–Trinajstić information content (AvgIpc) is 3.47. The van der Waals surface area contributed by atoms with Gasteiger partial charge in [-0.05, 0) is 46.9 Å². The van der Waals surface area contributed by atoms with E-state index in [0.717, 1.165) is 51.0 Å². The Hall–Kier alpha value is -6.26. The average molecular weight is 646 g/mol. The summed E-state index contributed by atoms with van der Waals surface area (Å²) in [6.07, 6.45) is 6.19. The number of ether oxygens (including phenoxy) is 1. The largest absolute Gasteiger partial charge is 0.456 e. The first-order valence-corrected chi connectivity index (χ1v) is 17.1. The van der Waals surface area contributed by atoms with Crippen LogP contribution in [-0.4, -0.2) is 29.8 Å². The molecule has 4 heteroatoms. The van der Waals surface area contributed by atoms with E-state index in [1.807, 2.05) is 36.4 Å². The molecule has 0 aromatic heterocycles. The summed E-state index contributed by atoms with van der Waals surface area (Å²) in [5.74, 6) is 3.41. The molecule has 6 aromatic carbocycles. The molecule has 2 aliphatic heterocycles. The van der Waals surface area contributed by atoms with Crippen LogP contribution in [0.2, 0.25) is 0 Å². The fourth-order valence-electron chi connectivity index (χ4n) is 7.88. The van der Waals surface area contributed by atoms with Crippen LogP contribution in [0.4, 0.5) is 0 Å². The van der Waals surface area contributed by atoms with E-state index in [0.29, 0.717) is 0 Å². The normalized spacial score (nSPS) is 17.0.